The molecule has 2 aliphatic rings. The van der Waals surface area contributed by atoms with Crippen molar-refractivity contribution in [2.75, 3.05) is 19.6 Å². The summed E-state index contributed by atoms with van der Waals surface area (Å²) in [6, 6.07) is 0. The van der Waals surface area contributed by atoms with E-state index in [4.69, 9.17) is 0 Å². The molecule has 0 aromatic rings. The van der Waals surface area contributed by atoms with E-state index in [1.165, 1.54) is 25.7 Å². The monoisotopic (exact) mass is 306 g/mol. The lowest BCUT2D eigenvalue weighted by molar-refractivity contribution is -0.137. The van der Waals surface area contributed by atoms with Crippen molar-refractivity contribution in [1.82, 2.24) is 10.2 Å². The second-order valence-electron chi connectivity index (χ2n) is 6.91. The third-order valence-electron chi connectivity index (χ3n) is 5.72. The van der Waals surface area contributed by atoms with Crippen LogP contribution in [0, 0.1) is 0 Å². The van der Waals surface area contributed by atoms with Crippen LogP contribution in [0.25, 0.3) is 0 Å². The molecule has 0 atom stereocenters. The van der Waals surface area contributed by atoms with Gasteiger partial charge in [-0.3, -0.25) is 4.90 Å². The van der Waals surface area contributed by atoms with E-state index in [1.807, 2.05) is 0 Å². The first kappa shape index (κ1) is 17.1. The lowest BCUT2D eigenvalue weighted by Crippen LogP contribution is -2.69. The smallest absolute Gasteiger partial charge is 0.308 e. The normalized spacial score (nSPS) is 25.6. The minimum Gasteiger partial charge on any atom is -0.308 e. The molecule has 0 amide bonds. The fraction of sp³-hybridized carbons (Fsp3) is 1.00. The Labute approximate surface area is 126 Å². The van der Waals surface area contributed by atoms with Gasteiger partial charge in [0.2, 0.25) is 0 Å². The van der Waals surface area contributed by atoms with Crippen LogP contribution in [-0.2, 0) is 0 Å². The van der Waals surface area contributed by atoms with Crippen LogP contribution in [0.3, 0.4) is 0 Å². The average Bonchev–Trinajstić information content (AvgIpc) is 2.87. The van der Waals surface area contributed by atoms with Crippen LogP contribution in [0.2, 0.25) is 0 Å². The summed E-state index contributed by atoms with van der Waals surface area (Å²) < 4.78 is 37.3. The average molecular weight is 306 g/mol. The molecule has 0 aromatic heterocycles. The van der Waals surface area contributed by atoms with Crippen LogP contribution >= 0.6 is 0 Å². The third-order valence-corrected chi connectivity index (χ3v) is 5.72. The molecule has 124 valence electrons. The van der Waals surface area contributed by atoms with Gasteiger partial charge in [0.25, 0.3) is 0 Å². The molecule has 0 radical (unpaired) electrons. The van der Waals surface area contributed by atoms with Crippen LogP contribution in [-0.4, -0.2) is 41.8 Å². The van der Waals surface area contributed by atoms with Gasteiger partial charge in [-0.15, -0.1) is 0 Å². The van der Waals surface area contributed by atoms with Gasteiger partial charge < -0.3 is 5.32 Å². The Morgan fingerprint density at radius 1 is 1.10 bits per heavy atom. The maximum atomic E-state index is 12.4. The highest BCUT2D eigenvalue weighted by atomic mass is 19.4. The summed E-state index contributed by atoms with van der Waals surface area (Å²) in [7, 11) is 0. The van der Waals surface area contributed by atoms with E-state index < -0.39 is 12.6 Å². The predicted octanol–water partition coefficient (Wildman–Crippen LogP) is 4.11. The Hall–Kier alpha value is -0.290. The fourth-order valence-electron chi connectivity index (χ4n) is 4.17. The summed E-state index contributed by atoms with van der Waals surface area (Å²) >= 11 is 0. The number of hydrogen-bond donors (Lipinski definition) is 1. The molecule has 1 heterocycles. The Bertz CT molecular complexity index is 331. The highest BCUT2D eigenvalue weighted by Gasteiger charge is 2.46. The van der Waals surface area contributed by atoms with Crippen LogP contribution in [0.5, 0.6) is 0 Å². The van der Waals surface area contributed by atoms with Crippen LogP contribution in [0.4, 0.5) is 13.2 Å². The number of nitrogens with zero attached hydrogens (tertiary/aromatic N) is 1. The maximum absolute atomic E-state index is 12.4. The molecular formula is C16H29F3N2. The highest BCUT2D eigenvalue weighted by molar-refractivity contribution is 5.06. The first-order valence-electron chi connectivity index (χ1n) is 8.42. The standard InChI is InChI=1S/C16H29F3N2/c1-3-15(4-2)12-20-14(8-5-6-9-14)13-21(15)11-7-10-16(17,18)19/h20H,3-13H2,1-2H3. The Morgan fingerprint density at radius 2 is 1.71 bits per heavy atom. The van der Waals surface area contributed by atoms with Crippen molar-refractivity contribution in [2.45, 2.75) is 82.5 Å². The number of nitrogens with one attached hydrogen (secondary N) is 1. The summed E-state index contributed by atoms with van der Waals surface area (Å²) in [6.45, 7) is 6.74. The van der Waals surface area contributed by atoms with E-state index in [-0.39, 0.29) is 17.5 Å². The molecular weight excluding hydrogens is 277 g/mol. The predicted molar refractivity (Wildman–Crippen MR) is 79.4 cm³/mol. The molecule has 0 aromatic carbocycles. The molecule has 1 N–H and O–H groups in total. The lowest BCUT2D eigenvalue weighted by atomic mass is 9.82. The van der Waals surface area contributed by atoms with E-state index >= 15 is 0 Å². The van der Waals surface area contributed by atoms with Crippen molar-refractivity contribution in [1.29, 1.82) is 0 Å². The molecule has 1 aliphatic heterocycles. The van der Waals surface area contributed by atoms with E-state index in [0.717, 1.165) is 25.9 Å². The topological polar surface area (TPSA) is 15.3 Å². The van der Waals surface area contributed by atoms with Crippen molar-refractivity contribution in [3.8, 4) is 0 Å². The number of piperazine rings is 1. The molecule has 5 heteroatoms. The zero-order valence-electron chi connectivity index (χ0n) is 13.4. The molecule has 21 heavy (non-hydrogen) atoms. The molecule has 2 rings (SSSR count). The Kier molecular flexibility index (Phi) is 5.24. The second-order valence-corrected chi connectivity index (χ2v) is 6.91. The molecule has 0 unspecified atom stereocenters. The van der Waals surface area contributed by atoms with Crippen LogP contribution in [0.1, 0.15) is 65.2 Å². The summed E-state index contributed by atoms with van der Waals surface area (Å²) in [6.07, 6.45) is 2.37. The largest absolute Gasteiger partial charge is 0.389 e. The van der Waals surface area contributed by atoms with Gasteiger partial charge in [-0.05, 0) is 38.6 Å². The quantitative estimate of drug-likeness (QED) is 0.822. The maximum Gasteiger partial charge on any atom is 0.389 e. The second kappa shape index (κ2) is 6.45. The summed E-state index contributed by atoms with van der Waals surface area (Å²) in [5, 5.41) is 3.76. The SMILES string of the molecule is CCC1(CC)CNC2(CCCC2)CN1CCCC(F)(F)F. The minimum atomic E-state index is -4.03. The molecule has 2 nitrogen and oxygen atoms in total. The van der Waals surface area contributed by atoms with Crippen LogP contribution in [0.15, 0.2) is 0 Å². The Morgan fingerprint density at radius 3 is 2.24 bits per heavy atom. The number of hydrogen-bond acceptors (Lipinski definition) is 2. The molecule has 1 aliphatic carbocycles. The van der Waals surface area contributed by atoms with Crippen molar-refractivity contribution in [2.24, 2.45) is 0 Å². The van der Waals surface area contributed by atoms with Gasteiger partial charge in [-0.1, -0.05) is 26.7 Å². The van der Waals surface area contributed by atoms with Gasteiger partial charge in [0.15, 0.2) is 0 Å². The van der Waals surface area contributed by atoms with Crippen molar-refractivity contribution in [3.05, 3.63) is 0 Å². The first-order valence-corrected chi connectivity index (χ1v) is 8.42. The minimum absolute atomic E-state index is 0.0411. The van der Waals surface area contributed by atoms with E-state index in [1.54, 1.807) is 0 Å². The van der Waals surface area contributed by atoms with Gasteiger partial charge in [0.1, 0.15) is 0 Å². The summed E-state index contributed by atoms with van der Waals surface area (Å²) in [5.41, 5.74) is 0.214. The zero-order chi connectivity index (χ0) is 15.6. The summed E-state index contributed by atoms with van der Waals surface area (Å²) in [5.74, 6) is 0. The van der Waals surface area contributed by atoms with Gasteiger partial charge >= 0.3 is 6.18 Å². The molecule has 1 saturated heterocycles. The van der Waals surface area contributed by atoms with Crippen molar-refractivity contribution < 1.29 is 13.2 Å². The van der Waals surface area contributed by atoms with Gasteiger partial charge in [0, 0.05) is 30.6 Å². The molecule has 2 fully saturated rings. The number of halogens is 3. The lowest BCUT2D eigenvalue weighted by Gasteiger charge is -2.54. The molecule has 1 spiro atoms. The van der Waals surface area contributed by atoms with Crippen LogP contribution < -0.4 is 5.32 Å². The van der Waals surface area contributed by atoms with Crippen molar-refractivity contribution >= 4 is 0 Å². The highest BCUT2D eigenvalue weighted by Crippen LogP contribution is 2.38. The molecule has 0 bridgehead atoms. The van der Waals surface area contributed by atoms with E-state index in [9.17, 15) is 13.2 Å². The Balaban J connectivity index is 2.02. The van der Waals surface area contributed by atoms with Gasteiger partial charge in [0.05, 0.1) is 0 Å². The summed E-state index contributed by atoms with van der Waals surface area (Å²) in [4.78, 5) is 2.38. The first-order chi connectivity index (χ1) is 9.85. The third kappa shape index (κ3) is 3.92. The van der Waals surface area contributed by atoms with E-state index in [2.05, 4.69) is 24.1 Å². The zero-order valence-corrected chi connectivity index (χ0v) is 13.4. The van der Waals surface area contributed by atoms with E-state index in [0.29, 0.717) is 6.54 Å². The number of rotatable bonds is 5. The van der Waals surface area contributed by atoms with Gasteiger partial charge in [-0.25, -0.2) is 0 Å². The number of alkyl halides is 3. The van der Waals surface area contributed by atoms with Crippen molar-refractivity contribution in [3.63, 3.8) is 0 Å². The van der Waals surface area contributed by atoms with Gasteiger partial charge in [-0.2, -0.15) is 13.2 Å². The fourth-order valence-corrected chi connectivity index (χ4v) is 4.17. The molecule has 1 saturated carbocycles.